The summed E-state index contributed by atoms with van der Waals surface area (Å²) in [5.41, 5.74) is 5.83. The normalized spacial score (nSPS) is 12.9. The van der Waals surface area contributed by atoms with Crippen molar-refractivity contribution in [2.24, 2.45) is 0 Å². The Kier molecular flexibility index (Phi) is 5.29. The number of nitrogens with zero attached hydrogens (tertiary/aromatic N) is 1. The lowest BCUT2D eigenvalue weighted by Gasteiger charge is -2.30. The molecule has 0 saturated carbocycles. The van der Waals surface area contributed by atoms with Crippen LogP contribution in [0.5, 0.6) is 0 Å². The lowest BCUT2D eigenvalue weighted by molar-refractivity contribution is 0.0702. The molecule has 0 aliphatic heterocycles. The van der Waals surface area contributed by atoms with Crippen LogP contribution in [-0.2, 0) is 5.41 Å². The van der Waals surface area contributed by atoms with Crippen LogP contribution in [0, 0.1) is 6.92 Å². The van der Waals surface area contributed by atoms with Gasteiger partial charge in [0.05, 0.1) is 0 Å². The average molecular weight is 343 g/mol. The Morgan fingerprint density at radius 2 is 1.96 bits per heavy atom. The van der Waals surface area contributed by atoms with Gasteiger partial charge in [0.15, 0.2) is 0 Å². The largest absolute Gasteiger partial charge is 0.477 e. The lowest BCUT2D eigenvalue weighted by atomic mass is 9.75. The summed E-state index contributed by atoms with van der Waals surface area (Å²) in [7, 11) is 0. The molecule has 1 N–H and O–H groups in total. The fraction of sp³-hybridized carbons (Fsp3) is 0.400. The van der Waals surface area contributed by atoms with Gasteiger partial charge in [0, 0.05) is 27.7 Å². The van der Waals surface area contributed by atoms with Crippen LogP contribution in [0.1, 0.15) is 62.0 Å². The van der Waals surface area contributed by atoms with Crippen molar-refractivity contribution >= 4 is 17.3 Å². The van der Waals surface area contributed by atoms with Crippen LogP contribution in [0.25, 0.3) is 10.4 Å². The van der Waals surface area contributed by atoms with Gasteiger partial charge in [0.25, 0.3) is 0 Å². The minimum absolute atomic E-state index is 0.111. The Bertz CT molecular complexity index is 800. The van der Waals surface area contributed by atoms with Crippen molar-refractivity contribution < 1.29 is 9.90 Å². The molecule has 3 nitrogen and oxygen atoms in total. The maximum atomic E-state index is 11.1. The van der Waals surface area contributed by atoms with E-state index >= 15 is 0 Å². The second kappa shape index (κ2) is 6.89. The third kappa shape index (κ3) is 3.44. The predicted molar refractivity (Wildman–Crippen MR) is 101 cm³/mol. The zero-order chi connectivity index (χ0) is 18.1. The molecule has 0 saturated heterocycles. The predicted octanol–water partition coefficient (Wildman–Crippen LogP) is 5.84. The second-order valence-corrected chi connectivity index (χ2v) is 7.79. The van der Waals surface area contributed by atoms with Gasteiger partial charge in [-0.05, 0) is 51.0 Å². The number of carboxylic acid groups (broad SMARTS) is 1. The maximum Gasteiger partial charge on any atom is 0.345 e. The van der Waals surface area contributed by atoms with Crippen LogP contribution in [0.2, 0.25) is 0 Å². The molecule has 0 fully saturated rings. The Morgan fingerprint density at radius 1 is 1.29 bits per heavy atom. The van der Waals surface area contributed by atoms with Crippen LogP contribution >= 0.6 is 11.3 Å². The number of hydrogen-bond acceptors (Lipinski definition) is 3. The van der Waals surface area contributed by atoms with Gasteiger partial charge in [0.2, 0.25) is 0 Å². The number of rotatable bonds is 5. The first kappa shape index (κ1) is 18.4. The Morgan fingerprint density at radius 3 is 2.50 bits per heavy atom. The van der Waals surface area contributed by atoms with Crippen molar-refractivity contribution in [2.75, 3.05) is 0 Å². The zero-order valence-electron chi connectivity index (χ0n) is 15.2. The summed E-state index contributed by atoms with van der Waals surface area (Å²) < 4.78 is 0. The molecule has 2 aromatic heterocycles. The van der Waals surface area contributed by atoms with Gasteiger partial charge in [-0.2, -0.15) is 0 Å². The number of hydrogen-bond donors (Lipinski definition) is 1. The van der Waals surface area contributed by atoms with Crippen molar-refractivity contribution in [1.82, 2.24) is 4.98 Å². The van der Waals surface area contributed by atoms with Gasteiger partial charge in [-0.1, -0.05) is 31.9 Å². The van der Waals surface area contributed by atoms with E-state index in [4.69, 9.17) is 5.11 Å². The van der Waals surface area contributed by atoms with E-state index in [9.17, 15) is 4.79 Å². The molecule has 0 aromatic carbocycles. The molecule has 0 aliphatic rings. The minimum Gasteiger partial charge on any atom is -0.477 e. The molecule has 2 rings (SSSR count). The molecule has 0 atom stereocenters. The van der Waals surface area contributed by atoms with Crippen molar-refractivity contribution in [3.63, 3.8) is 0 Å². The molecule has 0 aliphatic carbocycles. The van der Waals surface area contributed by atoms with Crippen LogP contribution < -0.4 is 0 Å². The monoisotopic (exact) mass is 343 g/mol. The molecular weight excluding hydrogens is 318 g/mol. The van der Waals surface area contributed by atoms with Gasteiger partial charge < -0.3 is 5.11 Å². The zero-order valence-corrected chi connectivity index (χ0v) is 16.0. The Hall–Kier alpha value is -1.94. The average Bonchev–Trinajstić information content (AvgIpc) is 3.03. The standard InChI is InChI=1S/C20H25NO2S/c1-7-12(2)13(3)20(5,6)16-10-15(11-21-14(16)4)17-8-9-18(24-17)19(22)23/h8-11H,7H2,1-6H3,(H,22,23). The SMILES string of the molecule is CCC(C)=C(C)C(C)(C)c1cc(-c2ccc(C(=O)O)s2)cnc1C. The summed E-state index contributed by atoms with van der Waals surface area (Å²) in [5.74, 6) is -0.885. The summed E-state index contributed by atoms with van der Waals surface area (Å²) in [6, 6.07) is 5.67. The summed E-state index contributed by atoms with van der Waals surface area (Å²) in [4.78, 5) is 17.0. The first-order valence-electron chi connectivity index (χ1n) is 8.16. The van der Waals surface area contributed by atoms with Crippen molar-refractivity contribution in [3.8, 4) is 10.4 Å². The van der Waals surface area contributed by atoms with Crippen molar-refractivity contribution in [1.29, 1.82) is 0 Å². The number of allylic oxidation sites excluding steroid dienone is 2. The highest BCUT2D eigenvalue weighted by Gasteiger charge is 2.27. The molecule has 24 heavy (non-hydrogen) atoms. The van der Waals surface area contributed by atoms with E-state index in [1.807, 2.05) is 19.2 Å². The van der Waals surface area contributed by atoms with E-state index in [-0.39, 0.29) is 5.41 Å². The molecule has 0 unspecified atom stereocenters. The number of aromatic nitrogens is 1. The van der Waals surface area contributed by atoms with Crippen molar-refractivity contribution in [2.45, 2.75) is 53.4 Å². The van der Waals surface area contributed by atoms with Gasteiger partial charge >= 0.3 is 5.97 Å². The van der Waals surface area contributed by atoms with E-state index in [1.54, 1.807) is 6.07 Å². The molecule has 0 radical (unpaired) electrons. The third-order valence-electron chi connectivity index (χ3n) is 4.97. The summed E-state index contributed by atoms with van der Waals surface area (Å²) in [5, 5.41) is 9.12. The van der Waals surface area contributed by atoms with Crippen LogP contribution in [0.4, 0.5) is 0 Å². The molecule has 4 heteroatoms. The molecule has 128 valence electrons. The number of carbonyl (C=O) groups is 1. The summed E-state index contributed by atoms with van der Waals surface area (Å²) >= 11 is 1.29. The first-order chi connectivity index (χ1) is 11.2. The quantitative estimate of drug-likeness (QED) is 0.694. The highest BCUT2D eigenvalue weighted by Crippen LogP contribution is 2.38. The van der Waals surface area contributed by atoms with E-state index in [0.717, 1.165) is 22.6 Å². The summed E-state index contributed by atoms with van der Waals surface area (Å²) in [6.45, 7) is 13.0. The van der Waals surface area contributed by atoms with Crippen molar-refractivity contribution in [3.05, 3.63) is 51.7 Å². The van der Waals surface area contributed by atoms with E-state index in [2.05, 4.69) is 45.7 Å². The molecule has 2 heterocycles. The molecule has 0 spiro atoms. The Labute approximate surface area is 148 Å². The third-order valence-corrected chi connectivity index (χ3v) is 6.09. The van der Waals surface area contributed by atoms with Gasteiger partial charge in [0.1, 0.15) is 4.88 Å². The lowest BCUT2D eigenvalue weighted by Crippen LogP contribution is -2.22. The van der Waals surface area contributed by atoms with Gasteiger partial charge in [-0.15, -0.1) is 11.3 Å². The molecule has 0 amide bonds. The van der Waals surface area contributed by atoms with E-state index < -0.39 is 5.97 Å². The van der Waals surface area contributed by atoms with Gasteiger partial charge in [-0.25, -0.2) is 4.79 Å². The number of aryl methyl sites for hydroxylation is 1. The molecule has 0 bridgehead atoms. The highest BCUT2D eigenvalue weighted by molar-refractivity contribution is 7.17. The summed E-state index contributed by atoms with van der Waals surface area (Å²) in [6.07, 6.45) is 2.87. The smallest absolute Gasteiger partial charge is 0.345 e. The fourth-order valence-electron chi connectivity index (χ4n) is 2.91. The fourth-order valence-corrected chi connectivity index (χ4v) is 3.74. The van der Waals surface area contributed by atoms with Crippen LogP contribution in [0.3, 0.4) is 0 Å². The van der Waals surface area contributed by atoms with Crippen LogP contribution in [-0.4, -0.2) is 16.1 Å². The van der Waals surface area contributed by atoms with E-state index in [0.29, 0.717) is 4.88 Å². The second-order valence-electron chi connectivity index (χ2n) is 6.71. The van der Waals surface area contributed by atoms with Crippen LogP contribution in [0.15, 0.2) is 35.5 Å². The first-order valence-corrected chi connectivity index (χ1v) is 8.97. The number of pyridine rings is 1. The highest BCUT2D eigenvalue weighted by atomic mass is 32.1. The maximum absolute atomic E-state index is 11.1. The topological polar surface area (TPSA) is 50.2 Å². The number of thiophene rings is 1. The number of carboxylic acids is 1. The molecular formula is C20H25NO2S. The number of aromatic carboxylic acids is 1. The van der Waals surface area contributed by atoms with E-state index in [1.165, 1.54) is 28.0 Å². The molecule has 2 aromatic rings. The minimum atomic E-state index is -0.885. The van der Waals surface area contributed by atoms with Gasteiger partial charge in [-0.3, -0.25) is 4.98 Å². The Balaban J connectivity index is 2.54.